The van der Waals surface area contributed by atoms with Crippen molar-refractivity contribution in [3.05, 3.63) is 12.2 Å². The molecular weight excluding hydrogens is 152 g/mol. The lowest BCUT2D eigenvalue weighted by molar-refractivity contribution is -0.124. The molecule has 0 amide bonds. The zero-order valence-corrected chi connectivity index (χ0v) is 8.17. The topological polar surface area (TPSA) is 26.3 Å². The van der Waals surface area contributed by atoms with Crippen LogP contribution in [-0.4, -0.2) is 18.5 Å². The lowest BCUT2D eigenvalue weighted by Crippen LogP contribution is -2.19. The van der Waals surface area contributed by atoms with Gasteiger partial charge in [-0.25, -0.2) is 0 Å². The zero-order valence-electron chi connectivity index (χ0n) is 8.17. The van der Waals surface area contributed by atoms with Crippen LogP contribution in [0.25, 0.3) is 0 Å². The minimum atomic E-state index is -0.284. The van der Waals surface area contributed by atoms with Crippen LogP contribution in [0, 0.1) is 0 Å². The van der Waals surface area contributed by atoms with Crippen LogP contribution in [0.15, 0.2) is 12.2 Å². The molecule has 0 saturated heterocycles. The molecule has 0 fully saturated rings. The van der Waals surface area contributed by atoms with E-state index in [0.717, 1.165) is 12.8 Å². The molecule has 0 heterocycles. The number of rotatable bonds is 6. The highest BCUT2D eigenvalue weighted by atomic mass is 16.5. The van der Waals surface area contributed by atoms with Crippen molar-refractivity contribution in [2.24, 2.45) is 0 Å². The molecule has 70 valence electrons. The molecule has 0 aliphatic rings. The first-order chi connectivity index (χ1) is 5.72. The van der Waals surface area contributed by atoms with Gasteiger partial charge in [0.2, 0.25) is 0 Å². The Morgan fingerprint density at radius 1 is 1.58 bits per heavy atom. The highest BCUT2D eigenvalue weighted by Crippen LogP contribution is 1.97. The van der Waals surface area contributed by atoms with E-state index in [2.05, 4.69) is 6.92 Å². The Labute approximate surface area is 74.6 Å². The van der Waals surface area contributed by atoms with Gasteiger partial charge in [0.05, 0.1) is 0 Å². The van der Waals surface area contributed by atoms with E-state index in [9.17, 15) is 4.79 Å². The van der Waals surface area contributed by atoms with Crippen LogP contribution in [0.4, 0.5) is 0 Å². The third-order valence-corrected chi connectivity index (χ3v) is 1.60. The highest BCUT2D eigenvalue weighted by Gasteiger charge is 2.08. The molecule has 0 saturated carbocycles. The molecular formula is C10H18O2. The summed E-state index contributed by atoms with van der Waals surface area (Å²) in [7, 11) is 0. The number of ether oxygens (including phenoxy) is 1. The smallest absolute Gasteiger partial charge is 0.183 e. The monoisotopic (exact) mass is 170 g/mol. The van der Waals surface area contributed by atoms with Crippen LogP contribution >= 0.6 is 0 Å². The molecule has 0 aromatic heterocycles. The third kappa shape index (κ3) is 5.08. The van der Waals surface area contributed by atoms with Gasteiger partial charge in [0, 0.05) is 6.61 Å². The Balaban J connectivity index is 3.56. The molecule has 0 aromatic carbocycles. The average molecular weight is 170 g/mol. The molecule has 12 heavy (non-hydrogen) atoms. The summed E-state index contributed by atoms with van der Waals surface area (Å²) in [5.74, 6) is 0.0496. The molecule has 0 rings (SSSR count). The molecule has 2 nitrogen and oxygen atoms in total. The molecule has 0 unspecified atom stereocenters. The maximum Gasteiger partial charge on any atom is 0.183 e. The second-order valence-electron chi connectivity index (χ2n) is 2.77. The summed E-state index contributed by atoms with van der Waals surface area (Å²) < 4.78 is 5.30. The fourth-order valence-corrected chi connectivity index (χ4v) is 0.786. The molecule has 0 radical (unpaired) electrons. The largest absolute Gasteiger partial charge is 0.370 e. The van der Waals surface area contributed by atoms with E-state index >= 15 is 0 Å². The van der Waals surface area contributed by atoms with Gasteiger partial charge in [-0.3, -0.25) is 4.79 Å². The first-order valence-corrected chi connectivity index (χ1v) is 4.50. The summed E-state index contributed by atoms with van der Waals surface area (Å²) in [6, 6.07) is 0. The molecule has 0 aromatic rings. The third-order valence-electron chi connectivity index (χ3n) is 1.60. The van der Waals surface area contributed by atoms with E-state index < -0.39 is 0 Å². The lowest BCUT2D eigenvalue weighted by atomic mass is 10.2. The number of carbonyl (C=O) groups excluding carboxylic acids is 1. The van der Waals surface area contributed by atoms with Crippen LogP contribution in [0.5, 0.6) is 0 Å². The first-order valence-electron chi connectivity index (χ1n) is 4.50. The van der Waals surface area contributed by atoms with E-state index in [4.69, 9.17) is 4.74 Å². The molecule has 2 heteroatoms. The summed E-state index contributed by atoms with van der Waals surface area (Å²) in [5, 5.41) is 0. The number of allylic oxidation sites excluding steroid dienone is 1. The Kier molecular flexibility index (Phi) is 6.67. The maximum atomic E-state index is 11.1. The summed E-state index contributed by atoms with van der Waals surface area (Å²) in [4.78, 5) is 11.1. The van der Waals surface area contributed by atoms with Crippen LogP contribution in [0.1, 0.15) is 33.6 Å². The van der Waals surface area contributed by atoms with Crippen LogP contribution in [0.3, 0.4) is 0 Å². The minimum Gasteiger partial charge on any atom is -0.370 e. The molecule has 0 N–H and O–H groups in total. The Bertz CT molecular complexity index is 150. The van der Waals surface area contributed by atoms with Gasteiger partial charge in [0.15, 0.2) is 5.78 Å². The van der Waals surface area contributed by atoms with Gasteiger partial charge in [-0.2, -0.15) is 0 Å². The van der Waals surface area contributed by atoms with Gasteiger partial charge in [-0.1, -0.05) is 19.4 Å². The SMILES string of the molecule is C/C=C/C(=O)[C@H](C)OCCCC. The summed E-state index contributed by atoms with van der Waals surface area (Å²) in [5.41, 5.74) is 0. The van der Waals surface area contributed by atoms with Crippen molar-refractivity contribution in [2.45, 2.75) is 39.7 Å². The Morgan fingerprint density at radius 3 is 2.75 bits per heavy atom. The standard InChI is InChI=1S/C10H18O2/c1-4-6-8-12-9(3)10(11)7-5-2/h5,7,9H,4,6,8H2,1-3H3/b7-5+/t9-/m0/s1. The minimum absolute atomic E-state index is 0.0496. The van der Waals surface area contributed by atoms with Crippen LogP contribution in [-0.2, 0) is 9.53 Å². The zero-order chi connectivity index (χ0) is 9.40. The van der Waals surface area contributed by atoms with Gasteiger partial charge in [-0.05, 0) is 26.3 Å². The van der Waals surface area contributed by atoms with Crippen molar-refractivity contribution < 1.29 is 9.53 Å². The molecule has 0 spiro atoms. The van der Waals surface area contributed by atoms with E-state index in [-0.39, 0.29) is 11.9 Å². The first kappa shape index (κ1) is 11.4. The fourth-order valence-electron chi connectivity index (χ4n) is 0.786. The predicted octanol–water partition coefficient (Wildman–Crippen LogP) is 2.34. The highest BCUT2D eigenvalue weighted by molar-refractivity contribution is 5.93. The predicted molar refractivity (Wildman–Crippen MR) is 50.1 cm³/mol. The van der Waals surface area contributed by atoms with E-state index in [1.54, 1.807) is 19.1 Å². The maximum absolute atomic E-state index is 11.1. The summed E-state index contributed by atoms with van der Waals surface area (Å²) in [6.07, 6.45) is 5.13. The van der Waals surface area contributed by atoms with Crippen molar-refractivity contribution in [1.29, 1.82) is 0 Å². The number of ketones is 1. The normalized spacial score (nSPS) is 13.6. The second-order valence-corrected chi connectivity index (χ2v) is 2.77. The fraction of sp³-hybridized carbons (Fsp3) is 0.700. The van der Waals surface area contributed by atoms with Gasteiger partial charge in [-0.15, -0.1) is 0 Å². The van der Waals surface area contributed by atoms with E-state index in [0.29, 0.717) is 6.61 Å². The summed E-state index contributed by atoms with van der Waals surface area (Å²) >= 11 is 0. The number of hydrogen-bond donors (Lipinski definition) is 0. The number of unbranched alkanes of at least 4 members (excludes halogenated alkanes) is 1. The van der Waals surface area contributed by atoms with Gasteiger partial charge >= 0.3 is 0 Å². The van der Waals surface area contributed by atoms with Crippen molar-refractivity contribution in [1.82, 2.24) is 0 Å². The number of hydrogen-bond acceptors (Lipinski definition) is 2. The van der Waals surface area contributed by atoms with Crippen LogP contribution < -0.4 is 0 Å². The van der Waals surface area contributed by atoms with Gasteiger partial charge < -0.3 is 4.74 Å². The molecule has 0 aliphatic heterocycles. The van der Waals surface area contributed by atoms with Crippen molar-refractivity contribution in [3.63, 3.8) is 0 Å². The van der Waals surface area contributed by atoms with Gasteiger partial charge in [0.25, 0.3) is 0 Å². The number of carbonyl (C=O) groups is 1. The van der Waals surface area contributed by atoms with Crippen molar-refractivity contribution in [2.75, 3.05) is 6.61 Å². The quantitative estimate of drug-likeness (QED) is 0.452. The van der Waals surface area contributed by atoms with E-state index in [1.165, 1.54) is 0 Å². The molecule has 0 aliphatic carbocycles. The second kappa shape index (κ2) is 7.04. The molecule has 0 bridgehead atoms. The average Bonchev–Trinajstić information content (AvgIpc) is 2.05. The molecule has 1 atom stereocenters. The van der Waals surface area contributed by atoms with E-state index in [1.807, 2.05) is 6.92 Å². The lowest BCUT2D eigenvalue weighted by Gasteiger charge is -2.08. The van der Waals surface area contributed by atoms with Gasteiger partial charge in [0.1, 0.15) is 6.10 Å². The Morgan fingerprint density at radius 2 is 2.25 bits per heavy atom. The summed E-state index contributed by atoms with van der Waals surface area (Å²) in [6.45, 7) is 6.40. The van der Waals surface area contributed by atoms with Crippen molar-refractivity contribution >= 4 is 5.78 Å². The van der Waals surface area contributed by atoms with Crippen LogP contribution in [0.2, 0.25) is 0 Å². The Hall–Kier alpha value is -0.630. The van der Waals surface area contributed by atoms with Crippen molar-refractivity contribution in [3.8, 4) is 0 Å².